The molecule has 0 fully saturated rings. The van der Waals surface area contributed by atoms with Gasteiger partial charge in [-0.3, -0.25) is 14.4 Å². The number of hydrogen-bond donors (Lipinski definition) is 3. The lowest BCUT2D eigenvalue weighted by Gasteiger charge is -2.25. The van der Waals surface area contributed by atoms with Crippen molar-refractivity contribution in [2.45, 2.75) is 12.3 Å². The van der Waals surface area contributed by atoms with E-state index in [1.54, 1.807) is 24.3 Å². The molecule has 1 aliphatic rings. The van der Waals surface area contributed by atoms with Crippen LogP contribution in [0, 0.1) is 5.82 Å². The predicted molar refractivity (Wildman–Crippen MR) is 102 cm³/mol. The first kappa shape index (κ1) is 19.5. The molecule has 146 valence electrons. The Labute approximate surface area is 161 Å². The number of methoxy groups -OCH3 is 1. The minimum atomic E-state index is -0.783. The van der Waals surface area contributed by atoms with Gasteiger partial charge in [0.1, 0.15) is 5.82 Å². The average Bonchev–Trinajstić information content (AvgIpc) is 2.67. The van der Waals surface area contributed by atoms with Gasteiger partial charge < -0.3 is 20.7 Å². The van der Waals surface area contributed by atoms with Crippen LogP contribution in [-0.4, -0.2) is 38.0 Å². The molecular formula is C20H20FN3O4. The lowest BCUT2D eigenvalue weighted by Crippen LogP contribution is -2.32. The molecule has 0 aromatic heterocycles. The molecule has 0 spiro atoms. The Morgan fingerprint density at radius 2 is 2.04 bits per heavy atom. The van der Waals surface area contributed by atoms with E-state index in [0.29, 0.717) is 30.0 Å². The number of nitrogens with one attached hydrogen (secondary N) is 3. The van der Waals surface area contributed by atoms with E-state index >= 15 is 0 Å². The average molecular weight is 385 g/mol. The molecule has 3 rings (SSSR count). The molecule has 7 nitrogen and oxygen atoms in total. The number of carbonyl (C=O) groups is 3. The van der Waals surface area contributed by atoms with Gasteiger partial charge in [0.25, 0.3) is 5.91 Å². The molecule has 1 unspecified atom stereocenters. The van der Waals surface area contributed by atoms with Gasteiger partial charge in [0.05, 0.1) is 23.8 Å². The van der Waals surface area contributed by atoms with E-state index in [2.05, 4.69) is 16.0 Å². The van der Waals surface area contributed by atoms with Crippen LogP contribution in [0.2, 0.25) is 0 Å². The molecule has 0 radical (unpaired) electrons. The number of rotatable bonds is 6. The summed E-state index contributed by atoms with van der Waals surface area (Å²) < 4.78 is 18.4. The van der Waals surface area contributed by atoms with Crippen LogP contribution in [0.25, 0.3) is 0 Å². The number of halogens is 1. The molecule has 0 saturated heterocycles. The second-order valence-electron chi connectivity index (χ2n) is 6.32. The maximum Gasteiger partial charge on any atom is 0.253 e. The Hall–Kier alpha value is -3.26. The van der Waals surface area contributed by atoms with E-state index in [-0.39, 0.29) is 23.9 Å². The highest BCUT2D eigenvalue weighted by molar-refractivity contribution is 6.08. The van der Waals surface area contributed by atoms with E-state index in [4.69, 9.17) is 4.74 Å². The van der Waals surface area contributed by atoms with Gasteiger partial charge in [-0.05, 0) is 29.8 Å². The first-order valence-electron chi connectivity index (χ1n) is 8.76. The van der Waals surface area contributed by atoms with Gasteiger partial charge in [0, 0.05) is 25.8 Å². The van der Waals surface area contributed by atoms with Crippen LogP contribution in [-0.2, 0) is 14.3 Å². The summed E-state index contributed by atoms with van der Waals surface area (Å²) in [5, 5.41) is 8.00. The van der Waals surface area contributed by atoms with Crippen LogP contribution >= 0.6 is 0 Å². The van der Waals surface area contributed by atoms with E-state index < -0.39 is 17.6 Å². The predicted octanol–water partition coefficient (Wildman–Crippen LogP) is 2.27. The standard InChI is InChI=1S/C20H20FN3O4/c1-28-9-8-22-19(26)14-4-2-3-5-16(14)24-20(27)15-11-18(25)23-17-10-12(21)6-7-13(15)17/h2-7,10,15H,8-9,11H2,1H3,(H,22,26)(H,23,25)(H,24,27). The number of ether oxygens (including phenoxy) is 1. The van der Waals surface area contributed by atoms with Gasteiger partial charge in [0.15, 0.2) is 0 Å². The van der Waals surface area contributed by atoms with Gasteiger partial charge >= 0.3 is 0 Å². The molecule has 3 amide bonds. The zero-order chi connectivity index (χ0) is 20.1. The van der Waals surface area contributed by atoms with Crippen LogP contribution in [0.3, 0.4) is 0 Å². The molecule has 2 aromatic carbocycles. The van der Waals surface area contributed by atoms with Gasteiger partial charge in [0.2, 0.25) is 11.8 Å². The first-order valence-corrected chi connectivity index (χ1v) is 8.76. The Balaban J connectivity index is 1.81. The largest absolute Gasteiger partial charge is 0.383 e. The number of anilines is 2. The maximum absolute atomic E-state index is 13.5. The molecule has 2 aromatic rings. The summed E-state index contributed by atoms with van der Waals surface area (Å²) in [7, 11) is 1.53. The normalized spacial score (nSPS) is 15.4. The number of fused-ring (bicyclic) bond motifs is 1. The first-order chi connectivity index (χ1) is 13.5. The van der Waals surface area contributed by atoms with E-state index in [0.717, 1.165) is 0 Å². The van der Waals surface area contributed by atoms with Gasteiger partial charge in [-0.2, -0.15) is 0 Å². The van der Waals surface area contributed by atoms with Crippen molar-refractivity contribution >= 4 is 29.1 Å². The quantitative estimate of drug-likeness (QED) is 0.665. The highest BCUT2D eigenvalue weighted by Crippen LogP contribution is 2.33. The summed E-state index contributed by atoms with van der Waals surface area (Å²) in [5.41, 5.74) is 1.44. The SMILES string of the molecule is COCCNC(=O)c1ccccc1NC(=O)C1CC(=O)Nc2cc(F)ccc21. The highest BCUT2D eigenvalue weighted by atomic mass is 19.1. The Morgan fingerprint density at radius 3 is 2.82 bits per heavy atom. The molecule has 3 N–H and O–H groups in total. The minimum absolute atomic E-state index is 0.0628. The third-order valence-corrected chi connectivity index (χ3v) is 4.39. The summed E-state index contributed by atoms with van der Waals surface area (Å²) in [6.07, 6.45) is -0.0628. The Bertz CT molecular complexity index is 916. The molecule has 0 saturated carbocycles. The lowest BCUT2D eigenvalue weighted by atomic mass is 9.89. The number of benzene rings is 2. The summed E-state index contributed by atoms with van der Waals surface area (Å²) in [4.78, 5) is 37.2. The van der Waals surface area contributed by atoms with Crippen molar-refractivity contribution in [1.29, 1.82) is 0 Å². The van der Waals surface area contributed by atoms with Crippen LogP contribution in [0.1, 0.15) is 28.3 Å². The van der Waals surface area contributed by atoms with Crippen molar-refractivity contribution in [3.63, 3.8) is 0 Å². The molecule has 1 atom stereocenters. The van der Waals surface area contributed by atoms with Crippen molar-refractivity contribution in [1.82, 2.24) is 5.32 Å². The molecule has 1 heterocycles. The van der Waals surface area contributed by atoms with Crippen molar-refractivity contribution < 1.29 is 23.5 Å². The molecule has 8 heteroatoms. The minimum Gasteiger partial charge on any atom is -0.383 e. The second-order valence-corrected chi connectivity index (χ2v) is 6.32. The highest BCUT2D eigenvalue weighted by Gasteiger charge is 2.31. The smallest absolute Gasteiger partial charge is 0.253 e. The molecule has 1 aliphatic heterocycles. The Morgan fingerprint density at radius 1 is 1.25 bits per heavy atom. The third kappa shape index (κ3) is 4.34. The van der Waals surface area contributed by atoms with Gasteiger partial charge in [-0.15, -0.1) is 0 Å². The molecule has 0 aliphatic carbocycles. The summed E-state index contributed by atoms with van der Waals surface area (Å²) in [6, 6.07) is 10.5. The fraction of sp³-hybridized carbons (Fsp3) is 0.250. The van der Waals surface area contributed by atoms with Crippen molar-refractivity contribution in [3.8, 4) is 0 Å². The van der Waals surface area contributed by atoms with E-state index in [1.807, 2.05) is 0 Å². The number of carbonyl (C=O) groups excluding carboxylic acids is 3. The maximum atomic E-state index is 13.5. The fourth-order valence-electron chi connectivity index (χ4n) is 3.04. The van der Waals surface area contributed by atoms with E-state index in [1.165, 1.54) is 25.3 Å². The van der Waals surface area contributed by atoms with Crippen LogP contribution in [0.4, 0.5) is 15.8 Å². The molecule has 0 bridgehead atoms. The summed E-state index contributed by atoms with van der Waals surface area (Å²) >= 11 is 0. The Kier molecular flexibility index (Phi) is 6.00. The fourth-order valence-corrected chi connectivity index (χ4v) is 3.04. The summed E-state index contributed by atoms with van der Waals surface area (Å²) in [6.45, 7) is 0.699. The monoisotopic (exact) mass is 385 g/mol. The summed E-state index contributed by atoms with van der Waals surface area (Å²) in [5.74, 6) is -2.45. The van der Waals surface area contributed by atoms with Crippen LogP contribution < -0.4 is 16.0 Å². The van der Waals surface area contributed by atoms with Crippen molar-refractivity contribution in [2.24, 2.45) is 0 Å². The van der Waals surface area contributed by atoms with Crippen molar-refractivity contribution in [3.05, 3.63) is 59.4 Å². The third-order valence-electron chi connectivity index (χ3n) is 4.39. The second kappa shape index (κ2) is 8.62. The van der Waals surface area contributed by atoms with Gasteiger partial charge in [-0.25, -0.2) is 4.39 Å². The molecule has 28 heavy (non-hydrogen) atoms. The van der Waals surface area contributed by atoms with Crippen LogP contribution in [0.15, 0.2) is 42.5 Å². The number of para-hydroxylation sites is 1. The van der Waals surface area contributed by atoms with E-state index in [9.17, 15) is 18.8 Å². The van der Waals surface area contributed by atoms with Crippen molar-refractivity contribution in [2.75, 3.05) is 30.9 Å². The number of hydrogen-bond acceptors (Lipinski definition) is 4. The van der Waals surface area contributed by atoms with Gasteiger partial charge in [-0.1, -0.05) is 18.2 Å². The topological polar surface area (TPSA) is 96.5 Å². The number of amides is 3. The van der Waals surface area contributed by atoms with Crippen LogP contribution in [0.5, 0.6) is 0 Å². The zero-order valence-corrected chi connectivity index (χ0v) is 15.3. The lowest BCUT2D eigenvalue weighted by molar-refractivity contribution is -0.123. The molecular weight excluding hydrogens is 365 g/mol. The zero-order valence-electron chi connectivity index (χ0n) is 15.3.